The molecule has 3 rings (SSSR count). The summed E-state index contributed by atoms with van der Waals surface area (Å²) >= 11 is 0. The van der Waals surface area contributed by atoms with Crippen molar-refractivity contribution in [2.24, 2.45) is 0 Å². The van der Waals surface area contributed by atoms with Crippen LogP contribution in [0.1, 0.15) is 48.1 Å². The Bertz CT molecular complexity index is 684. The average molecular weight is 328 g/mol. The van der Waals surface area contributed by atoms with Gasteiger partial charge in [-0.3, -0.25) is 4.79 Å². The predicted octanol–water partition coefficient (Wildman–Crippen LogP) is 3.05. The zero-order valence-electron chi connectivity index (χ0n) is 14.3. The molecule has 1 aliphatic rings. The molecule has 0 bridgehead atoms. The van der Waals surface area contributed by atoms with Crippen LogP contribution in [0.5, 0.6) is 0 Å². The number of amides is 1. The smallest absolute Gasteiger partial charge is 0.289 e. The normalized spacial score (nSPS) is 17.8. The second kappa shape index (κ2) is 7.47. The van der Waals surface area contributed by atoms with Gasteiger partial charge in [0.05, 0.1) is 6.26 Å². The fourth-order valence-electron chi connectivity index (χ4n) is 3.10. The van der Waals surface area contributed by atoms with E-state index in [0.29, 0.717) is 12.3 Å². The molecule has 1 saturated heterocycles. The fraction of sp³-hybridized carbons (Fsp3) is 0.500. The molecule has 0 aromatic carbocycles. The SMILES string of the molecule is CCCc1cnc(C)nc1N[C@@H]1CCCN(C(=O)c2ccco2)C1. The van der Waals surface area contributed by atoms with Crippen molar-refractivity contribution in [3.8, 4) is 0 Å². The van der Waals surface area contributed by atoms with E-state index >= 15 is 0 Å². The Morgan fingerprint density at radius 1 is 1.50 bits per heavy atom. The number of nitrogens with zero attached hydrogens (tertiary/aromatic N) is 3. The Hall–Kier alpha value is -2.37. The summed E-state index contributed by atoms with van der Waals surface area (Å²) in [6.07, 6.45) is 7.43. The monoisotopic (exact) mass is 328 g/mol. The number of rotatable bonds is 5. The van der Waals surface area contributed by atoms with Gasteiger partial charge in [0.1, 0.15) is 11.6 Å². The van der Waals surface area contributed by atoms with Crippen LogP contribution in [0.3, 0.4) is 0 Å². The molecule has 0 aliphatic carbocycles. The van der Waals surface area contributed by atoms with E-state index in [9.17, 15) is 4.79 Å². The molecule has 1 N–H and O–H groups in total. The fourth-order valence-corrected chi connectivity index (χ4v) is 3.10. The van der Waals surface area contributed by atoms with Crippen LogP contribution in [0.15, 0.2) is 29.0 Å². The van der Waals surface area contributed by atoms with E-state index in [-0.39, 0.29) is 11.9 Å². The van der Waals surface area contributed by atoms with Crippen molar-refractivity contribution in [1.29, 1.82) is 0 Å². The maximum absolute atomic E-state index is 12.5. The highest BCUT2D eigenvalue weighted by Crippen LogP contribution is 2.20. The lowest BCUT2D eigenvalue weighted by atomic mass is 10.0. The van der Waals surface area contributed by atoms with Crippen LogP contribution >= 0.6 is 0 Å². The molecule has 6 heteroatoms. The molecule has 0 radical (unpaired) electrons. The van der Waals surface area contributed by atoms with Crippen molar-refractivity contribution in [2.75, 3.05) is 18.4 Å². The van der Waals surface area contributed by atoms with Crippen molar-refractivity contribution in [2.45, 2.75) is 45.6 Å². The maximum atomic E-state index is 12.5. The first kappa shape index (κ1) is 16.5. The largest absolute Gasteiger partial charge is 0.459 e. The standard InChI is InChI=1S/C18H24N4O2/c1-3-6-14-11-19-13(2)20-17(14)21-15-7-4-9-22(12-15)18(23)16-8-5-10-24-16/h5,8,10-11,15H,3-4,6-7,9,12H2,1-2H3,(H,19,20,21)/t15-/m1/s1. The first-order chi connectivity index (χ1) is 11.7. The summed E-state index contributed by atoms with van der Waals surface area (Å²) in [7, 11) is 0. The zero-order chi connectivity index (χ0) is 16.9. The summed E-state index contributed by atoms with van der Waals surface area (Å²) in [6.45, 7) is 5.47. The number of hydrogen-bond donors (Lipinski definition) is 1. The molecule has 1 amide bonds. The molecule has 0 spiro atoms. The number of carbonyl (C=O) groups is 1. The molecule has 3 heterocycles. The van der Waals surface area contributed by atoms with Gasteiger partial charge in [-0.2, -0.15) is 0 Å². The first-order valence-corrected chi connectivity index (χ1v) is 8.59. The lowest BCUT2D eigenvalue weighted by Gasteiger charge is -2.33. The number of carbonyl (C=O) groups excluding carboxylic acids is 1. The molecule has 0 unspecified atom stereocenters. The van der Waals surface area contributed by atoms with Gasteiger partial charge in [0.2, 0.25) is 0 Å². The van der Waals surface area contributed by atoms with Gasteiger partial charge >= 0.3 is 0 Å². The molecule has 128 valence electrons. The quantitative estimate of drug-likeness (QED) is 0.913. The maximum Gasteiger partial charge on any atom is 0.289 e. The van der Waals surface area contributed by atoms with Gasteiger partial charge in [-0.25, -0.2) is 9.97 Å². The highest BCUT2D eigenvalue weighted by Gasteiger charge is 2.26. The minimum Gasteiger partial charge on any atom is -0.459 e. The summed E-state index contributed by atoms with van der Waals surface area (Å²) in [4.78, 5) is 23.2. The van der Waals surface area contributed by atoms with Gasteiger partial charge < -0.3 is 14.6 Å². The van der Waals surface area contributed by atoms with E-state index in [1.54, 1.807) is 12.1 Å². The van der Waals surface area contributed by atoms with E-state index in [0.717, 1.165) is 49.4 Å². The van der Waals surface area contributed by atoms with Gasteiger partial charge in [-0.05, 0) is 38.3 Å². The number of likely N-dealkylation sites (tertiary alicyclic amines) is 1. The van der Waals surface area contributed by atoms with Gasteiger partial charge in [-0.1, -0.05) is 13.3 Å². The number of nitrogens with one attached hydrogen (secondary N) is 1. The van der Waals surface area contributed by atoms with Gasteiger partial charge in [0, 0.05) is 30.9 Å². The van der Waals surface area contributed by atoms with Crippen molar-refractivity contribution >= 4 is 11.7 Å². The van der Waals surface area contributed by atoms with Crippen molar-refractivity contribution < 1.29 is 9.21 Å². The average Bonchev–Trinajstić information content (AvgIpc) is 3.11. The van der Waals surface area contributed by atoms with Crippen LogP contribution in [0.25, 0.3) is 0 Å². The number of anilines is 1. The molecule has 2 aromatic rings. The molecule has 1 fully saturated rings. The van der Waals surface area contributed by atoms with Crippen molar-refractivity contribution in [3.63, 3.8) is 0 Å². The zero-order valence-corrected chi connectivity index (χ0v) is 14.3. The molecule has 1 aliphatic heterocycles. The molecule has 6 nitrogen and oxygen atoms in total. The van der Waals surface area contributed by atoms with Crippen LogP contribution in [0, 0.1) is 6.92 Å². The third kappa shape index (κ3) is 3.75. The number of aryl methyl sites for hydroxylation is 2. The Kier molecular flexibility index (Phi) is 5.13. The van der Waals surface area contributed by atoms with Crippen LogP contribution in [0.4, 0.5) is 5.82 Å². The molecular weight excluding hydrogens is 304 g/mol. The first-order valence-electron chi connectivity index (χ1n) is 8.59. The summed E-state index contributed by atoms with van der Waals surface area (Å²) < 4.78 is 5.24. The Labute approximate surface area is 142 Å². The van der Waals surface area contributed by atoms with Crippen molar-refractivity contribution in [1.82, 2.24) is 14.9 Å². The molecule has 0 saturated carbocycles. The third-order valence-corrected chi connectivity index (χ3v) is 4.29. The summed E-state index contributed by atoms with van der Waals surface area (Å²) in [5.74, 6) is 2.03. The summed E-state index contributed by atoms with van der Waals surface area (Å²) in [5.41, 5.74) is 1.14. The minimum absolute atomic E-state index is 0.0425. The lowest BCUT2D eigenvalue weighted by molar-refractivity contribution is 0.0682. The Balaban J connectivity index is 1.69. The van der Waals surface area contributed by atoms with E-state index in [1.165, 1.54) is 6.26 Å². The van der Waals surface area contributed by atoms with Crippen LogP contribution < -0.4 is 5.32 Å². The lowest BCUT2D eigenvalue weighted by Crippen LogP contribution is -2.45. The number of hydrogen-bond acceptors (Lipinski definition) is 5. The predicted molar refractivity (Wildman–Crippen MR) is 92.0 cm³/mol. The Morgan fingerprint density at radius 2 is 2.38 bits per heavy atom. The molecule has 24 heavy (non-hydrogen) atoms. The number of aromatic nitrogens is 2. The van der Waals surface area contributed by atoms with Crippen LogP contribution in [0.2, 0.25) is 0 Å². The second-order valence-corrected chi connectivity index (χ2v) is 6.25. The number of furan rings is 1. The second-order valence-electron chi connectivity index (χ2n) is 6.25. The summed E-state index contributed by atoms with van der Waals surface area (Å²) in [5, 5.41) is 3.53. The highest BCUT2D eigenvalue weighted by molar-refractivity contribution is 5.91. The third-order valence-electron chi connectivity index (χ3n) is 4.29. The van der Waals surface area contributed by atoms with E-state index in [1.807, 2.05) is 18.0 Å². The number of piperidine rings is 1. The molecule has 2 aromatic heterocycles. The highest BCUT2D eigenvalue weighted by atomic mass is 16.3. The Morgan fingerprint density at radius 3 is 3.12 bits per heavy atom. The van der Waals surface area contributed by atoms with Crippen molar-refractivity contribution in [3.05, 3.63) is 41.7 Å². The van der Waals surface area contributed by atoms with E-state index in [2.05, 4.69) is 22.2 Å². The van der Waals surface area contributed by atoms with E-state index in [4.69, 9.17) is 4.42 Å². The van der Waals surface area contributed by atoms with Gasteiger partial charge in [0.25, 0.3) is 5.91 Å². The topological polar surface area (TPSA) is 71.3 Å². The van der Waals surface area contributed by atoms with Gasteiger partial charge in [-0.15, -0.1) is 0 Å². The van der Waals surface area contributed by atoms with E-state index < -0.39 is 0 Å². The minimum atomic E-state index is -0.0425. The summed E-state index contributed by atoms with van der Waals surface area (Å²) in [6, 6.07) is 3.66. The molecular formula is C18H24N4O2. The van der Waals surface area contributed by atoms with Crippen LogP contribution in [-0.4, -0.2) is 39.9 Å². The molecule has 1 atom stereocenters. The van der Waals surface area contributed by atoms with Crippen LogP contribution in [-0.2, 0) is 6.42 Å². The van der Waals surface area contributed by atoms with Gasteiger partial charge in [0.15, 0.2) is 5.76 Å².